The molecule has 0 radical (unpaired) electrons. The van der Waals surface area contributed by atoms with Crippen molar-refractivity contribution in [1.29, 1.82) is 0 Å². The van der Waals surface area contributed by atoms with Gasteiger partial charge in [-0.2, -0.15) is 11.3 Å². The third-order valence-electron chi connectivity index (χ3n) is 4.47. The number of nitrogens with zero attached hydrogens (tertiary/aromatic N) is 1. The zero-order valence-electron chi connectivity index (χ0n) is 12.6. The molecular weight excluding hydrogens is 300 g/mol. The highest BCUT2D eigenvalue weighted by atomic mass is 32.1. The van der Waals surface area contributed by atoms with Crippen LogP contribution in [0.25, 0.3) is 0 Å². The van der Waals surface area contributed by atoms with Crippen LogP contribution in [0.1, 0.15) is 36.0 Å². The van der Waals surface area contributed by atoms with Crippen molar-refractivity contribution in [1.82, 2.24) is 10.2 Å². The Morgan fingerprint density at radius 2 is 2.14 bits per heavy atom. The Labute approximate surface area is 134 Å². The van der Waals surface area contributed by atoms with E-state index >= 15 is 0 Å². The van der Waals surface area contributed by atoms with Crippen LogP contribution < -0.4 is 5.32 Å². The van der Waals surface area contributed by atoms with E-state index in [1.54, 1.807) is 0 Å². The van der Waals surface area contributed by atoms with E-state index in [1.807, 2.05) is 21.7 Å². The Balaban J connectivity index is 1.40. The van der Waals surface area contributed by atoms with E-state index in [0.717, 1.165) is 44.3 Å². The number of piperidine rings is 1. The molecule has 2 fully saturated rings. The van der Waals surface area contributed by atoms with Crippen LogP contribution in [0, 0.1) is 5.92 Å². The maximum absolute atomic E-state index is 12.3. The lowest BCUT2D eigenvalue weighted by Gasteiger charge is -2.33. The van der Waals surface area contributed by atoms with Crippen LogP contribution in [-0.2, 0) is 9.53 Å². The Morgan fingerprint density at radius 1 is 1.32 bits per heavy atom. The van der Waals surface area contributed by atoms with Crippen LogP contribution in [0.15, 0.2) is 16.8 Å². The Kier molecular flexibility index (Phi) is 5.10. The molecule has 3 rings (SSSR count). The summed E-state index contributed by atoms with van der Waals surface area (Å²) in [7, 11) is 0. The van der Waals surface area contributed by atoms with E-state index in [-0.39, 0.29) is 17.9 Å². The summed E-state index contributed by atoms with van der Waals surface area (Å²) in [5.74, 6) is 0.605. The van der Waals surface area contributed by atoms with Crippen molar-refractivity contribution in [3.63, 3.8) is 0 Å². The molecule has 1 N–H and O–H groups in total. The maximum Gasteiger partial charge on any atom is 0.252 e. The van der Waals surface area contributed by atoms with E-state index in [2.05, 4.69) is 5.32 Å². The lowest BCUT2D eigenvalue weighted by atomic mass is 9.96. The van der Waals surface area contributed by atoms with Gasteiger partial charge in [0.25, 0.3) is 11.8 Å². The predicted molar refractivity (Wildman–Crippen MR) is 84.9 cm³/mol. The van der Waals surface area contributed by atoms with Crippen molar-refractivity contribution in [2.45, 2.75) is 31.8 Å². The lowest BCUT2D eigenvalue weighted by molar-refractivity contribution is -0.142. The molecule has 2 amide bonds. The number of hydrogen-bond donors (Lipinski definition) is 1. The molecule has 2 aliphatic heterocycles. The number of amides is 2. The smallest absolute Gasteiger partial charge is 0.252 e. The number of rotatable bonds is 4. The minimum absolute atomic E-state index is 0.000823. The molecule has 6 heteroatoms. The van der Waals surface area contributed by atoms with Gasteiger partial charge < -0.3 is 15.0 Å². The second-order valence-corrected chi connectivity index (χ2v) is 6.77. The molecule has 1 unspecified atom stereocenters. The summed E-state index contributed by atoms with van der Waals surface area (Å²) >= 11 is 1.53. The van der Waals surface area contributed by atoms with Crippen LogP contribution in [-0.4, -0.2) is 49.1 Å². The molecule has 1 aromatic rings. The zero-order valence-corrected chi connectivity index (χ0v) is 13.4. The monoisotopic (exact) mass is 322 g/mol. The number of nitrogens with one attached hydrogen (secondary N) is 1. The van der Waals surface area contributed by atoms with Crippen LogP contribution >= 0.6 is 11.3 Å². The largest absolute Gasteiger partial charge is 0.368 e. The van der Waals surface area contributed by atoms with Crippen molar-refractivity contribution in [2.75, 3.05) is 26.2 Å². The molecule has 22 heavy (non-hydrogen) atoms. The Bertz CT molecular complexity index is 503. The Morgan fingerprint density at radius 3 is 2.77 bits per heavy atom. The van der Waals surface area contributed by atoms with E-state index in [1.165, 1.54) is 11.3 Å². The highest BCUT2D eigenvalue weighted by Gasteiger charge is 2.30. The first-order valence-corrected chi connectivity index (χ1v) is 8.89. The van der Waals surface area contributed by atoms with Crippen molar-refractivity contribution in [3.8, 4) is 0 Å². The lowest BCUT2D eigenvalue weighted by Crippen LogP contribution is -2.45. The highest BCUT2D eigenvalue weighted by molar-refractivity contribution is 7.08. The fraction of sp³-hybridized carbons (Fsp3) is 0.625. The van der Waals surface area contributed by atoms with Crippen molar-refractivity contribution in [2.24, 2.45) is 5.92 Å². The van der Waals surface area contributed by atoms with E-state index < -0.39 is 0 Å². The SMILES string of the molecule is O=C(NCC1CCN(C(=O)C2CCCO2)CC1)c1ccsc1. The van der Waals surface area contributed by atoms with Crippen LogP contribution in [0.2, 0.25) is 0 Å². The summed E-state index contributed by atoms with van der Waals surface area (Å²) in [4.78, 5) is 26.1. The van der Waals surface area contributed by atoms with Gasteiger partial charge in [-0.3, -0.25) is 9.59 Å². The number of carbonyl (C=O) groups excluding carboxylic acids is 2. The summed E-state index contributed by atoms with van der Waals surface area (Å²) < 4.78 is 5.47. The molecule has 2 aliphatic rings. The normalized spacial score (nSPS) is 22.7. The number of thiophene rings is 1. The van der Waals surface area contributed by atoms with Gasteiger partial charge in [0.15, 0.2) is 0 Å². The second kappa shape index (κ2) is 7.24. The summed E-state index contributed by atoms with van der Waals surface area (Å²) in [5, 5.41) is 6.76. The molecular formula is C16H22N2O3S. The van der Waals surface area contributed by atoms with Crippen LogP contribution in [0.4, 0.5) is 0 Å². The van der Waals surface area contributed by atoms with Gasteiger partial charge in [-0.25, -0.2) is 0 Å². The molecule has 1 atom stereocenters. The standard InChI is InChI=1S/C16H22N2O3S/c19-15(13-5-9-22-11-13)17-10-12-3-6-18(7-4-12)16(20)14-2-1-8-21-14/h5,9,11-12,14H,1-4,6-8,10H2,(H,17,19). The molecule has 0 saturated carbocycles. The molecule has 0 bridgehead atoms. The first-order chi connectivity index (χ1) is 10.7. The third-order valence-corrected chi connectivity index (χ3v) is 5.15. The maximum atomic E-state index is 12.3. The molecule has 5 nitrogen and oxygen atoms in total. The van der Waals surface area contributed by atoms with Gasteiger partial charge in [0.1, 0.15) is 6.10 Å². The summed E-state index contributed by atoms with van der Waals surface area (Å²) in [6.45, 7) is 2.95. The molecule has 0 spiro atoms. The van der Waals surface area contributed by atoms with Crippen LogP contribution in [0.3, 0.4) is 0 Å². The van der Waals surface area contributed by atoms with Gasteiger partial charge in [0, 0.05) is 37.2 Å². The fourth-order valence-electron chi connectivity index (χ4n) is 3.07. The minimum atomic E-state index is -0.213. The topological polar surface area (TPSA) is 58.6 Å². The Hall–Kier alpha value is -1.40. The number of hydrogen-bond acceptors (Lipinski definition) is 4. The van der Waals surface area contributed by atoms with Crippen molar-refractivity contribution >= 4 is 23.2 Å². The number of likely N-dealkylation sites (tertiary alicyclic amines) is 1. The third kappa shape index (κ3) is 3.67. The van der Waals surface area contributed by atoms with Gasteiger partial charge in [-0.05, 0) is 43.0 Å². The van der Waals surface area contributed by atoms with Crippen molar-refractivity contribution < 1.29 is 14.3 Å². The zero-order chi connectivity index (χ0) is 15.4. The molecule has 3 heterocycles. The first-order valence-electron chi connectivity index (χ1n) is 7.95. The molecule has 0 aliphatic carbocycles. The van der Waals surface area contributed by atoms with Gasteiger partial charge in [0.05, 0.1) is 0 Å². The van der Waals surface area contributed by atoms with E-state index in [4.69, 9.17) is 4.74 Å². The summed E-state index contributed by atoms with van der Waals surface area (Å²) in [6.07, 6.45) is 3.52. The number of ether oxygens (including phenoxy) is 1. The van der Waals surface area contributed by atoms with E-state index in [9.17, 15) is 9.59 Å². The molecule has 120 valence electrons. The quantitative estimate of drug-likeness (QED) is 0.921. The highest BCUT2D eigenvalue weighted by Crippen LogP contribution is 2.21. The molecule has 1 aromatic heterocycles. The van der Waals surface area contributed by atoms with Gasteiger partial charge in [0.2, 0.25) is 0 Å². The fourth-order valence-corrected chi connectivity index (χ4v) is 3.70. The minimum Gasteiger partial charge on any atom is -0.368 e. The van der Waals surface area contributed by atoms with Gasteiger partial charge in [-0.1, -0.05) is 0 Å². The van der Waals surface area contributed by atoms with Gasteiger partial charge >= 0.3 is 0 Å². The predicted octanol–water partition coefficient (Wildman–Crippen LogP) is 1.90. The van der Waals surface area contributed by atoms with Crippen molar-refractivity contribution in [3.05, 3.63) is 22.4 Å². The van der Waals surface area contributed by atoms with E-state index in [0.29, 0.717) is 19.1 Å². The molecule has 2 saturated heterocycles. The number of carbonyl (C=O) groups is 2. The first kappa shape index (κ1) is 15.5. The average Bonchev–Trinajstić information content (AvgIpc) is 3.25. The summed E-state index contributed by atoms with van der Waals surface area (Å²) in [5.41, 5.74) is 0.732. The second-order valence-electron chi connectivity index (χ2n) is 5.99. The summed E-state index contributed by atoms with van der Waals surface area (Å²) in [6, 6.07) is 1.84. The molecule has 0 aromatic carbocycles. The average molecular weight is 322 g/mol. The van der Waals surface area contributed by atoms with Crippen LogP contribution in [0.5, 0.6) is 0 Å². The van der Waals surface area contributed by atoms with Gasteiger partial charge in [-0.15, -0.1) is 0 Å².